The van der Waals surface area contributed by atoms with E-state index in [4.69, 9.17) is 14.2 Å². The Hall–Kier alpha value is -2.44. The SMILES string of the molecule is CCOc1ccc(OCC)c(NC(=O)CCCNC(=O)OC(C)(C)C)c1. The van der Waals surface area contributed by atoms with Crippen LogP contribution >= 0.6 is 0 Å². The molecule has 0 aliphatic heterocycles. The van der Waals surface area contributed by atoms with Crippen LogP contribution in [0.3, 0.4) is 0 Å². The minimum atomic E-state index is -0.539. The summed E-state index contributed by atoms with van der Waals surface area (Å²) in [6.07, 6.45) is 0.279. The summed E-state index contributed by atoms with van der Waals surface area (Å²) in [5.41, 5.74) is 0.0332. The van der Waals surface area contributed by atoms with Crippen molar-refractivity contribution in [1.29, 1.82) is 0 Å². The van der Waals surface area contributed by atoms with Gasteiger partial charge in [-0.15, -0.1) is 0 Å². The standard InChI is InChI=1S/C19H30N2O5/c1-6-24-14-10-11-16(25-7-2)15(13-14)21-17(22)9-8-12-20-18(23)26-19(3,4)5/h10-11,13H,6-9,12H2,1-5H3,(H,20,23)(H,21,22). The van der Waals surface area contributed by atoms with E-state index in [1.54, 1.807) is 39.0 Å². The quantitative estimate of drug-likeness (QED) is 0.651. The van der Waals surface area contributed by atoms with Crippen LogP contribution in [0.2, 0.25) is 0 Å². The monoisotopic (exact) mass is 366 g/mol. The molecule has 7 nitrogen and oxygen atoms in total. The zero-order chi connectivity index (χ0) is 19.6. The molecule has 0 aliphatic carbocycles. The molecule has 0 fully saturated rings. The van der Waals surface area contributed by atoms with Gasteiger partial charge in [0.1, 0.15) is 17.1 Å². The molecule has 1 aromatic carbocycles. The number of alkyl carbamates (subject to hydrolysis) is 1. The molecule has 0 aliphatic rings. The number of hydrogen-bond donors (Lipinski definition) is 2. The molecule has 2 amide bonds. The molecule has 2 N–H and O–H groups in total. The number of hydrogen-bond acceptors (Lipinski definition) is 5. The Morgan fingerprint density at radius 1 is 1.08 bits per heavy atom. The normalized spacial score (nSPS) is 10.8. The van der Waals surface area contributed by atoms with Crippen molar-refractivity contribution < 1.29 is 23.8 Å². The van der Waals surface area contributed by atoms with Gasteiger partial charge in [-0.05, 0) is 53.2 Å². The average molecular weight is 366 g/mol. The molecule has 0 saturated carbocycles. The van der Waals surface area contributed by atoms with Crippen LogP contribution in [-0.4, -0.2) is 37.4 Å². The molecule has 0 atom stereocenters. The Balaban J connectivity index is 2.49. The van der Waals surface area contributed by atoms with Gasteiger partial charge in [0, 0.05) is 19.0 Å². The molecular formula is C19H30N2O5. The van der Waals surface area contributed by atoms with Crippen molar-refractivity contribution in [2.75, 3.05) is 25.1 Å². The number of amides is 2. The molecule has 0 heterocycles. The number of benzene rings is 1. The zero-order valence-electron chi connectivity index (χ0n) is 16.3. The van der Waals surface area contributed by atoms with Crippen LogP contribution in [0, 0.1) is 0 Å². The number of carbonyl (C=O) groups is 2. The number of nitrogens with one attached hydrogen (secondary N) is 2. The maximum Gasteiger partial charge on any atom is 0.407 e. The van der Waals surface area contributed by atoms with Crippen molar-refractivity contribution in [1.82, 2.24) is 5.32 Å². The minimum Gasteiger partial charge on any atom is -0.494 e. The molecule has 7 heteroatoms. The van der Waals surface area contributed by atoms with Crippen LogP contribution in [0.4, 0.5) is 10.5 Å². The van der Waals surface area contributed by atoms with Crippen molar-refractivity contribution in [2.45, 2.75) is 53.1 Å². The average Bonchev–Trinajstić information content (AvgIpc) is 2.53. The lowest BCUT2D eigenvalue weighted by atomic mass is 10.2. The molecule has 1 aromatic rings. The second-order valence-electron chi connectivity index (χ2n) is 6.60. The molecule has 0 radical (unpaired) electrons. The van der Waals surface area contributed by atoms with Gasteiger partial charge in [0.25, 0.3) is 0 Å². The van der Waals surface area contributed by atoms with E-state index < -0.39 is 11.7 Å². The van der Waals surface area contributed by atoms with E-state index in [2.05, 4.69) is 10.6 Å². The highest BCUT2D eigenvalue weighted by Gasteiger charge is 2.15. The summed E-state index contributed by atoms with van der Waals surface area (Å²) >= 11 is 0. The second-order valence-corrected chi connectivity index (χ2v) is 6.60. The number of rotatable bonds is 9. The van der Waals surface area contributed by atoms with Crippen LogP contribution in [0.5, 0.6) is 11.5 Å². The Kier molecular flexibility index (Phi) is 8.75. The maximum absolute atomic E-state index is 12.2. The zero-order valence-corrected chi connectivity index (χ0v) is 16.3. The summed E-state index contributed by atoms with van der Waals surface area (Å²) in [6.45, 7) is 10.6. The predicted octanol–water partition coefficient (Wildman–Crippen LogP) is 3.73. The Bertz CT molecular complexity index is 596. The number of anilines is 1. The fourth-order valence-corrected chi connectivity index (χ4v) is 2.11. The first-order valence-corrected chi connectivity index (χ1v) is 8.91. The summed E-state index contributed by atoms with van der Waals surface area (Å²) in [7, 11) is 0. The highest BCUT2D eigenvalue weighted by atomic mass is 16.6. The summed E-state index contributed by atoms with van der Waals surface area (Å²) in [6, 6.07) is 5.31. The Morgan fingerprint density at radius 2 is 1.77 bits per heavy atom. The van der Waals surface area contributed by atoms with Gasteiger partial charge >= 0.3 is 6.09 Å². The van der Waals surface area contributed by atoms with Gasteiger partial charge in [-0.2, -0.15) is 0 Å². The fraction of sp³-hybridized carbons (Fsp3) is 0.579. The largest absolute Gasteiger partial charge is 0.494 e. The Morgan fingerprint density at radius 3 is 2.38 bits per heavy atom. The molecule has 0 aromatic heterocycles. The molecule has 26 heavy (non-hydrogen) atoms. The Labute approximate surface area is 155 Å². The topological polar surface area (TPSA) is 85.9 Å². The second kappa shape index (κ2) is 10.5. The smallest absolute Gasteiger partial charge is 0.407 e. The van der Waals surface area contributed by atoms with E-state index in [1.807, 2.05) is 13.8 Å². The summed E-state index contributed by atoms with van der Waals surface area (Å²) in [5.74, 6) is 1.10. The van der Waals surface area contributed by atoms with Gasteiger partial charge in [-0.25, -0.2) is 4.79 Å². The lowest BCUT2D eigenvalue weighted by Crippen LogP contribution is -2.33. The molecule has 0 bridgehead atoms. The van der Waals surface area contributed by atoms with Crippen molar-refractivity contribution in [3.05, 3.63) is 18.2 Å². The van der Waals surface area contributed by atoms with E-state index in [9.17, 15) is 9.59 Å². The lowest BCUT2D eigenvalue weighted by Gasteiger charge is -2.19. The fourth-order valence-electron chi connectivity index (χ4n) is 2.11. The van der Waals surface area contributed by atoms with Gasteiger partial charge in [-0.3, -0.25) is 4.79 Å². The van der Waals surface area contributed by atoms with E-state index in [0.29, 0.717) is 43.4 Å². The van der Waals surface area contributed by atoms with Crippen LogP contribution in [-0.2, 0) is 9.53 Å². The van der Waals surface area contributed by atoms with Gasteiger partial charge in [0.15, 0.2) is 0 Å². The van der Waals surface area contributed by atoms with Crippen molar-refractivity contribution in [3.8, 4) is 11.5 Å². The van der Waals surface area contributed by atoms with E-state index in [0.717, 1.165) is 0 Å². The first kappa shape index (κ1) is 21.6. The maximum atomic E-state index is 12.2. The number of carbonyl (C=O) groups excluding carboxylic acids is 2. The highest BCUT2D eigenvalue weighted by Crippen LogP contribution is 2.29. The summed E-state index contributed by atoms with van der Waals surface area (Å²) in [4.78, 5) is 23.7. The molecule has 146 valence electrons. The van der Waals surface area contributed by atoms with Crippen molar-refractivity contribution in [2.24, 2.45) is 0 Å². The number of ether oxygens (including phenoxy) is 3. The van der Waals surface area contributed by atoms with Crippen LogP contribution in [0.25, 0.3) is 0 Å². The first-order valence-electron chi connectivity index (χ1n) is 8.91. The molecule has 0 spiro atoms. The van der Waals surface area contributed by atoms with Crippen LogP contribution < -0.4 is 20.1 Å². The van der Waals surface area contributed by atoms with Gasteiger partial charge < -0.3 is 24.8 Å². The first-order chi connectivity index (χ1) is 12.2. The molecule has 1 rings (SSSR count). The summed E-state index contributed by atoms with van der Waals surface area (Å²) < 4.78 is 16.1. The third-order valence-corrected chi connectivity index (χ3v) is 3.08. The van der Waals surface area contributed by atoms with Gasteiger partial charge in [-0.1, -0.05) is 0 Å². The highest BCUT2D eigenvalue weighted by molar-refractivity contribution is 5.92. The van der Waals surface area contributed by atoms with Crippen LogP contribution in [0.1, 0.15) is 47.5 Å². The van der Waals surface area contributed by atoms with E-state index in [-0.39, 0.29) is 12.3 Å². The van der Waals surface area contributed by atoms with Crippen molar-refractivity contribution >= 4 is 17.7 Å². The van der Waals surface area contributed by atoms with Crippen LogP contribution in [0.15, 0.2) is 18.2 Å². The summed E-state index contributed by atoms with van der Waals surface area (Å²) in [5, 5.41) is 5.46. The third kappa shape index (κ3) is 8.60. The van der Waals surface area contributed by atoms with E-state index >= 15 is 0 Å². The molecule has 0 unspecified atom stereocenters. The van der Waals surface area contributed by atoms with Gasteiger partial charge in [0.05, 0.1) is 18.9 Å². The third-order valence-electron chi connectivity index (χ3n) is 3.08. The van der Waals surface area contributed by atoms with E-state index in [1.165, 1.54) is 0 Å². The lowest BCUT2D eigenvalue weighted by molar-refractivity contribution is -0.116. The van der Waals surface area contributed by atoms with Gasteiger partial charge in [0.2, 0.25) is 5.91 Å². The van der Waals surface area contributed by atoms with Crippen molar-refractivity contribution in [3.63, 3.8) is 0 Å². The predicted molar refractivity (Wildman–Crippen MR) is 101 cm³/mol. The molecule has 0 saturated heterocycles. The molecular weight excluding hydrogens is 336 g/mol. The minimum absolute atomic E-state index is 0.161.